The molecule has 0 saturated carbocycles. The monoisotopic (exact) mass is 346 g/mol. The summed E-state index contributed by atoms with van der Waals surface area (Å²) in [5.41, 5.74) is 1.67. The number of hydrogen-bond acceptors (Lipinski definition) is 0. The van der Waals surface area contributed by atoms with Crippen molar-refractivity contribution >= 4 is 22.6 Å². The summed E-state index contributed by atoms with van der Waals surface area (Å²) in [6.07, 6.45) is 14.1. The van der Waals surface area contributed by atoms with E-state index in [4.69, 9.17) is 0 Å². The average molecular weight is 346 g/mol. The van der Waals surface area contributed by atoms with Crippen LogP contribution in [0.1, 0.15) is 65.7 Å². The lowest BCUT2D eigenvalue weighted by Crippen LogP contribution is -1.99. The summed E-state index contributed by atoms with van der Waals surface area (Å²) in [7, 11) is 0. The Labute approximate surface area is 121 Å². The maximum atomic E-state index is 2.45. The van der Waals surface area contributed by atoms with Gasteiger partial charge in [0.1, 0.15) is 0 Å². The fraction of sp³-hybridized carbons (Fsp3) is 0.750. The highest BCUT2D eigenvalue weighted by molar-refractivity contribution is 14.1. The van der Waals surface area contributed by atoms with Crippen molar-refractivity contribution in [3.05, 3.63) is 21.3 Å². The van der Waals surface area contributed by atoms with Crippen molar-refractivity contribution in [3.63, 3.8) is 0 Å². The van der Waals surface area contributed by atoms with E-state index >= 15 is 0 Å². The van der Waals surface area contributed by atoms with E-state index in [-0.39, 0.29) is 0 Å². The van der Waals surface area contributed by atoms with Gasteiger partial charge in [0.05, 0.1) is 0 Å². The minimum Gasteiger partial charge on any atom is -0.0698 e. The molecule has 0 bridgehead atoms. The first kappa shape index (κ1) is 15.3. The van der Waals surface area contributed by atoms with Crippen LogP contribution in [0.5, 0.6) is 0 Å². The second-order valence-electron chi connectivity index (χ2n) is 5.91. The summed E-state index contributed by atoms with van der Waals surface area (Å²) in [5, 5.41) is 0. The van der Waals surface area contributed by atoms with Gasteiger partial charge in [0.25, 0.3) is 0 Å². The molecule has 1 rings (SSSR count). The molecule has 0 radical (unpaired) electrons. The minimum atomic E-state index is 0.871. The van der Waals surface area contributed by atoms with Crippen molar-refractivity contribution in [2.45, 2.75) is 65.7 Å². The van der Waals surface area contributed by atoms with Crippen LogP contribution in [0.15, 0.2) is 21.3 Å². The van der Waals surface area contributed by atoms with Crippen molar-refractivity contribution in [3.8, 4) is 0 Å². The maximum absolute atomic E-state index is 2.45. The number of hydrogen-bond donors (Lipinski definition) is 0. The van der Waals surface area contributed by atoms with Crippen molar-refractivity contribution in [1.29, 1.82) is 0 Å². The van der Waals surface area contributed by atoms with Crippen LogP contribution in [0, 0.1) is 11.8 Å². The first-order valence-corrected chi connectivity index (χ1v) is 8.20. The van der Waals surface area contributed by atoms with E-state index in [2.05, 4.69) is 55.5 Å². The highest BCUT2D eigenvalue weighted by atomic mass is 127. The second kappa shape index (κ2) is 8.34. The standard InChI is InChI=1S/C16H27I/c1-13(2)5-4-6-14(3)7-8-15-9-11-16(17)12-10-15/h9,11,13-14H,4-8,10,12H2,1-3H3. The molecule has 0 aromatic rings. The molecule has 0 N–H and O–H groups in total. The van der Waals surface area contributed by atoms with Crippen LogP contribution in [0.4, 0.5) is 0 Å². The van der Waals surface area contributed by atoms with E-state index < -0.39 is 0 Å². The molecule has 1 unspecified atom stereocenters. The van der Waals surface area contributed by atoms with Crippen molar-refractivity contribution < 1.29 is 0 Å². The Morgan fingerprint density at radius 1 is 1.06 bits per heavy atom. The van der Waals surface area contributed by atoms with Crippen LogP contribution in [0.2, 0.25) is 0 Å². The van der Waals surface area contributed by atoms with Crippen LogP contribution in [-0.4, -0.2) is 0 Å². The molecule has 1 heteroatoms. The molecule has 1 aliphatic rings. The van der Waals surface area contributed by atoms with Gasteiger partial charge in [0.2, 0.25) is 0 Å². The van der Waals surface area contributed by atoms with Gasteiger partial charge in [-0.2, -0.15) is 0 Å². The molecule has 0 fully saturated rings. The Hall–Kier alpha value is 0.210. The summed E-state index contributed by atoms with van der Waals surface area (Å²) in [6.45, 7) is 7.07. The normalized spacial score (nSPS) is 17.9. The largest absolute Gasteiger partial charge is 0.0698 e. The van der Waals surface area contributed by atoms with Gasteiger partial charge in [-0.3, -0.25) is 0 Å². The molecule has 0 heterocycles. The van der Waals surface area contributed by atoms with Crippen molar-refractivity contribution in [2.75, 3.05) is 0 Å². The van der Waals surface area contributed by atoms with Crippen LogP contribution < -0.4 is 0 Å². The molecule has 0 aliphatic heterocycles. The van der Waals surface area contributed by atoms with Gasteiger partial charge >= 0.3 is 0 Å². The third kappa shape index (κ3) is 7.28. The number of halogens is 1. The molecule has 0 amide bonds. The minimum absolute atomic E-state index is 0.871. The summed E-state index contributed by atoms with van der Waals surface area (Å²) in [5.74, 6) is 1.77. The summed E-state index contributed by atoms with van der Waals surface area (Å²) < 4.78 is 1.51. The highest BCUT2D eigenvalue weighted by Gasteiger charge is 2.07. The van der Waals surface area contributed by atoms with Gasteiger partial charge in [0.15, 0.2) is 0 Å². The fourth-order valence-corrected chi connectivity index (χ4v) is 2.76. The Morgan fingerprint density at radius 2 is 1.82 bits per heavy atom. The Balaban J connectivity index is 2.13. The zero-order valence-corrected chi connectivity index (χ0v) is 13.8. The zero-order chi connectivity index (χ0) is 12.7. The van der Waals surface area contributed by atoms with E-state index in [0.717, 1.165) is 11.8 Å². The van der Waals surface area contributed by atoms with E-state index in [1.807, 2.05) is 0 Å². The first-order valence-electron chi connectivity index (χ1n) is 7.12. The van der Waals surface area contributed by atoms with Crippen molar-refractivity contribution in [2.24, 2.45) is 11.8 Å². The third-order valence-corrected chi connectivity index (χ3v) is 4.52. The molecule has 0 nitrogen and oxygen atoms in total. The van der Waals surface area contributed by atoms with Gasteiger partial charge in [-0.25, -0.2) is 0 Å². The lowest BCUT2D eigenvalue weighted by atomic mass is 9.92. The van der Waals surface area contributed by atoms with Gasteiger partial charge in [-0.05, 0) is 63.7 Å². The molecule has 98 valence electrons. The van der Waals surface area contributed by atoms with Gasteiger partial charge in [-0.1, -0.05) is 57.8 Å². The predicted octanol–water partition coefficient (Wildman–Crippen LogP) is 6.27. The maximum Gasteiger partial charge on any atom is -0.00909 e. The molecule has 17 heavy (non-hydrogen) atoms. The summed E-state index contributed by atoms with van der Waals surface area (Å²) in [4.78, 5) is 0. The molecule has 0 saturated heterocycles. The van der Waals surface area contributed by atoms with Crippen LogP contribution in [0.25, 0.3) is 0 Å². The lowest BCUT2D eigenvalue weighted by Gasteiger charge is -2.15. The highest BCUT2D eigenvalue weighted by Crippen LogP contribution is 2.27. The molecular weight excluding hydrogens is 319 g/mol. The van der Waals surface area contributed by atoms with Crippen LogP contribution >= 0.6 is 22.6 Å². The lowest BCUT2D eigenvalue weighted by molar-refractivity contribution is 0.435. The first-order chi connectivity index (χ1) is 8.08. The predicted molar refractivity (Wildman–Crippen MR) is 86.5 cm³/mol. The third-order valence-electron chi connectivity index (χ3n) is 3.62. The number of rotatable bonds is 7. The molecular formula is C16H27I. The Kier molecular flexibility index (Phi) is 7.49. The SMILES string of the molecule is CC(C)CCCC(C)CCC1=CC=C(I)CC1. The summed E-state index contributed by atoms with van der Waals surface area (Å²) in [6, 6.07) is 0. The Bertz CT molecular complexity index is 273. The fourth-order valence-electron chi connectivity index (χ4n) is 2.31. The van der Waals surface area contributed by atoms with Crippen LogP contribution in [-0.2, 0) is 0 Å². The van der Waals surface area contributed by atoms with E-state index in [1.165, 1.54) is 48.5 Å². The Morgan fingerprint density at radius 3 is 2.41 bits per heavy atom. The molecule has 0 aromatic carbocycles. The van der Waals surface area contributed by atoms with Crippen molar-refractivity contribution in [1.82, 2.24) is 0 Å². The molecule has 1 atom stereocenters. The molecule has 0 aromatic heterocycles. The smallest absolute Gasteiger partial charge is 0.00909 e. The number of allylic oxidation sites excluding steroid dienone is 4. The molecule has 1 aliphatic carbocycles. The quantitative estimate of drug-likeness (QED) is 0.477. The zero-order valence-electron chi connectivity index (χ0n) is 11.6. The molecule has 0 spiro atoms. The van der Waals surface area contributed by atoms with E-state index in [1.54, 1.807) is 5.57 Å². The second-order valence-corrected chi connectivity index (χ2v) is 7.29. The van der Waals surface area contributed by atoms with Crippen LogP contribution in [0.3, 0.4) is 0 Å². The van der Waals surface area contributed by atoms with Gasteiger partial charge in [0, 0.05) is 0 Å². The van der Waals surface area contributed by atoms with Gasteiger partial charge < -0.3 is 0 Å². The van der Waals surface area contributed by atoms with Gasteiger partial charge in [-0.15, -0.1) is 0 Å². The van der Waals surface area contributed by atoms with E-state index in [9.17, 15) is 0 Å². The topological polar surface area (TPSA) is 0 Å². The van der Waals surface area contributed by atoms with E-state index in [0.29, 0.717) is 0 Å². The average Bonchev–Trinajstić information content (AvgIpc) is 2.28. The summed E-state index contributed by atoms with van der Waals surface area (Å²) >= 11 is 2.45.